The van der Waals surface area contributed by atoms with Crippen LogP contribution in [0.5, 0.6) is 0 Å². The van der Waals surface area contributed by atoms with Crippen LogP contribution in [0.1, 0.15) is 25.7 Å². The van der Waals surface area contributed by atoms with Crippen molar-refractivity contribution in [3.63, 3.8) is 0 Å². The predicted octanol–water partition coefficient (Wildman–Crippen LogP) is -2.66. The molecule has 2 unspecified atom stereocenters. The summed E-state index contributed by atoms with van der Waals surface area (Å²) in [5.74, 6) is 10.6. The fourth-order valence-electron chi connectivity index (χ4n) is 2.01. The van der Waals surface area contributed by atoms with Crippen molar-refractivity contribution in [2.45, 2.75) is 37.8 Å². The van der Waals surface area contributed by atoms with Crippen molar-refractivity contribution in [1.82, 2.24) is 10.0 Å². The lowest BCUT2D eigenvalue weighted by Gasteiger charge is -2.42. The van der Waals surface area contributed by atoms with Crippen LogP contribution in [0.4, 0.5) is 9.59 Å². The lowest BCUT2D eigenvalue weighted by molar-refractivity contribution is -0.277. The largest absolute Gasteiger partial charge is 0.529 e. The SMILES string of the molecule is NN(C(=O)[O-])C1CCCCC1N(N)C(=O)[O-]. The minimum absolute atomic E-state index is 0.454. The maximum atomic E-state index is 10.6. The smallest absolute Gasteiger partial charge is 0.152 e. The molecule has 1 aliphatic rings. The number of carboxylic acid groups (broad SMARTS) is 2. The molecule has 92 valence electrons. The number of hydrogen-bond acceptors (Lipinski definition) is 6. The molecule has 8 nitrogen and oxygen atoms in total. The van der Waals surface area contributed by atoms with Gasteiger partial charge < -0.3 is 19.8 Å². The fourth-order valence-corrected chi connectivity index (χ4v) is 2.01. The zero-order chi connectivity index (χ0) is 12.3. The number of nitrogens with zero attached hydrogens (tertiary/aromatic N) is 2. The van der Waals surface area contributed by atoms with Gasteiger partial charge >= 0.3 is 0 Å². The highest BCUT2D eigenvalue weighted by Gasteiger charge is 2.32. The average molecular weight is 230 g/mol. The molecule has 0 aromatic rings. The summed E-state index contributed by atoms with van der Waals surface area (Å²) < 4.78 is 0. The van der Waals surface area contributed by atoms with E-state index in [2.05, 4.69) is 0 Å². The van der Waals surface area contributed by atoms with Gasteiger partial charge in [-0.15, -0.1) is 0 Å². The number of carbonyl (C=O) groups is 2. The molecular weight excluding hydrogens is 216 g/mol. The third kappa shape index (κ3) is 2.52. The molecule has 4 N–H and O–H groups in total. The highest BCUT2D eigenvalue weighted by atomic mass is 16.4. The quantitative estimate of drug-likeness (QED) is 0.301. The Morgan fingerprint density at radius 2 is 1.25 bits per heavy atom. The van der Waals surface area contributed by atoms with Crippen LogP contribution >= 0.6 is 0 Å². The summed E-state index contributed by atoms with van der Waals surface area (Å²) in [6, 6.07) is -1.36. The molecule has 0 spiro atoms. The average Bonchev–Trinajstić information content (AvgIpc) is 2.26. The molecule has 1 rings (SSSR count). The van der Waals surface area contributed by atoms with E-state index in [4.69, 9.17) is 11.7 Å². The number of hydrazine groups is 2. The fraction of sp³-hybridized carbons (Fsp3) is 0.750. The monoisotopic (exact) mass is 230 g/mol. The Morgan fingerprint density at radius 1 is 0.938 bits per heavy atom. The molecule has 16 heavy (non-hydrogen) atoms. The van der Waals surface area contributed by atoms with Gasteiger partial charge in [-0.05, 0) is 12.8 Å². The summed E-state index contributed by atoms with van der Waals surface area (Å²) in [4.78, 5) is 21.2. The molecule has 0 radical (unpaired) electrons. The molecule has 0 bridgehead atoms. The molecule has 0 saturated heterocycles. The molecule has 2 atom stereocenters. The van der Waals surface area contributed by atoms with Gasteiger partial charge in [0.15, 0.2) is 12.2 Å². The third-order valence-corrected chi connectivity index (χ3v) is 2.83. The second-order valence-electron chi connectivity index (χ2n) is 3.77. The van der Waals surface area contributed by atoms with E-state index in [1.165, 1.54) is 0 Å². The van der Waals surface area contributed by atoms with Crippen molar-refractivity contribution < 1.29 is 19.8 Å². The molecule has 1 fully saturated rings. The van der Waals surface area contributed by atoms with E-state index in [9.17, 15) is 19.8 Å². The minimum atomic E-state index is -1.55. The van der Waals surface area contributed by atoms with Crippen LogP contribution in [0.3, 0.4) is 0 Å². The van der Waals surface area contributed by atoms with E-state index in [1.54, 1.807) is 0 Å². The van der Waals surface area contributed by atoms with Gasteiger partial charge in [0.25, 0.3) is 0 Å². The van der Waals surface area contributed by atoms with Gasteiger partial charge in [0.05, 0.1) is 12.1 Å². The topological polar surface area (TPSA) is 139 Å². The van der Waals surface area contributed by atoms with Crippen molar-refractivity contribution >= 4 is 12.2 Å². The van der Waals surface area contributed by atoms with E-state index in [-0.39, 0.29) is 0 Å². The van der Waals surface area contributed by atoms with Crippen molar-refractivity contribution in [2.24, 2.45) is 11.7 Å². The van der Waals surface area contributed by atoms with Gasteiger partial charge in [-0.1, -0.05) is 12.8 Å². The molecule has 0 aromatic carbocycles. The van der Waals surface area contributed by atoms with E-state index in [0.29, 0.717) is 22.9 Å². The lowest BCUT2D eigenvalue weighted by atomic mass is 9.89. The first-order chi connectivity index (χ1) is 7.45. The summed E-state index contributed by atoms with van der Waals surface area (Å²) in [6.07, 6.45) is -0.662. The predicted molar refractivity (Wildman–Crippen MR) is 48.9 cm³/mol. The Kier molecular flexibility index (Phi) is 3.91. The Labute approximate surface area is 92.3 Å². The normalized spacial score (nSPS) is 24.9. The van der Waals surface area contributed by atoms with Crippen molar-refractivity contribution in [3.8, 4) is 0 Å². The highest BCUT2D eigenvalue weighted by Crippen LogP contribution is 2.24. The van der Waals surface area contributed by atoms with Crippen molar-refractivity contribution in [3.05, 3.63) is 0 Å². The zero-order valence-electron chi connectivity index (χ0n) is 8.67. The number of nitrogens with two attached hydrogens (primary N) is 2. The van der Waals surface area contributed by atoms with Gasteiger partial charge in [-0.25, -0.2) is 11.7 Å². The Bertz CT molecular complexity index is 257. The van der Waals surface area contributed by atoms with Crippen LogP contribution in [0, 0.1) is 0 Å². The van der Waals surface area contributed by atoms with Crippen LogP contribution < -0.4 is 21.9 Å². The van der Waals surface area contributed by atoms with Crippen LogP contribution in [-0.4, -0.2) is 34.3 Å². The summed E-state index contributed by atoms with van der Waals surface area (Å²) >= 11 is 0. The minimum Gasteiger partial charge on any atom is -0.529 e. The highest BCUT2D eigenvalue weighted by molar-refractivity contribution is 5.64. The van der Waals surface area contributed by atoms with Crippen LogP contribution in [0.15, 0.2) is 0 Å². The molecule has 0 aromatic heterocycles. The van der Waals surface area contributed by atoms with Gasteiger partial charge in [0.2, 0.25) is 0 Å². The standard InChI is InChI=1S/C8H16N4O4/c9-11(7(13)14)5-3-1-2-4-6(5)12(10)8(15)16/h5-6H,1-4,9-10H2,(H,13,14)(H,15,16)/p-2. The summed E-state index contributed by atoms with van der Waals surface area (Å²) in [6.45, 7) is 0. The van der Waals surface area contributed by atoms with Crippen molar-refractivity contribution in [2.75, 3.05) is 0 Å². The second kappa shape index (κ2) is 4.99. The van der Waals surface area contributed by atoms with E-state index in [1.807, 2.05) is 0 Å². The maximum absolute atomic E-state index is 10.6. The van der Waals surface area contributed by atoms with Gasteiger partial charge in [-0.3, -0.25) is 10.0 Å². The molecule has 2 amide bonds. The third-order valence-electron chi connectivity index (χ3n) is 2.83. The van der Waals surface area contributed by atoms with Crippen LogP contribution in [0.2, 0.25) is 0 Å². The van der Waals surface area contributed by atoms with E-state index < -0.39 is 24.3 Å². The first-order valence-electron chi connectivity index (χ1n) is 4.95. The van der Waals surface area contributed by atoms with E-state index in [0.717, 1.165) is 12.8 Å². The lowest BCUT2D eigenvalue weighted by Crippen LogP contribution is -2.64. The molecule has 8 heteroatoms. The van der Waals surface area contributed by atoms with Gasteiger partial charge in [0, 0.05) is 0 Å². The van der Waals surface area contributed by atoms with E-state index >= 15 is 0 Å². The summed E-state index contributed by atoms with van der Waals surface area (Å²) in [5, 5.41) is 22.2. The maximum Gasteiger partial charge on any atom is 0.152 e. The van der Waals surface area contributed by atoms with Crippen molar-refractivity contribution in [1.29, 1.82) is 0 Å². The molecule has 1 aliphatic carbocycles. The zero-order valence-corrected chi connectivity index (χ0v) is 8.67. The Balaban J connectivity index is 2.78. The Morgan fingerprint density at radius 3 is 1.50 bits per heavy atom. The van der Waals surface area contributed by atoms with Gasteiger partial charge in [0.1, 0.15) is 0 Å². The molecule has 1 saturated carbocycles. The first kappa shape index (κ1) is 12.5. The molecular formula is C8H14N4O4-2. The number of amides is 2. The second-order valence-corrected chi connectivity index (χ2v) is 3.77. The first-order valence-corrected chi connectivity index (χ1v) is 4.95. The molecule has 0 aliphatic heterocycles. The Hall–Kier alpha value is -1.54. The summed E-state index contributed by atoms with van der Waals surface area (Å²) in [7, 11) is 0. The number of hydrogen-bond donors (Lipinski definition) is 2. The number of carbonyl (C=O) groups excluding carboxylic acids is 2. The summed E-state index contributed by atoms with van der Waals surface area (Å²) in [5.41, 5.74) is 0. The number of rotatable bonds is 2. The molecule has 0 heterocycles. The van der Waals surface area contributed by atoms with Gasteiger partial charge in [-0.2, -0.15) is 0 Å². The van der Waals surface area contributed by atoms with Crippen LogP contribution in [0.25, 0.3) is 0 Å². The van der Waals surface area contributed by atoms with Crippen LogP contribution in [-0.2, 0) is 0 Å².